The van der Waals surface area contributed by atoms with Crippen LogP contribution in [0.15, 0.2) is 36.4 Å². The number of ether oxygens (including phenoxy) is 2. The van der Waals surface area contributed by atoms with E-state index in [1.165, 1.54) is 11.1 Å². The zero-order valence-electron chi connectivity index (χ0n) is 13.2. The molecule has 2 atom stereocenters. The van der Waals surface area contributed by atoms with E-state index in [1.54, 1.807) is 12.1 Å². The quantitative estimate of drug-likeness (QED) is 0.834. The molecule has 4 rings (SSSR count). The van der Waals surface area contributed by atoms with Gasteiger partial charge in [0.05, 0.1) is 11.4 Å². The summed E-state index contributed by atoms with van der Waals surface area (Å²) in [4.78, 5) is 12.5. The molecule has 24 heavy (non-hydrogen) atoms. The van der Waals surface area contributed by atoms with Crippen molar-refractivity contribution in [1.29, 1.82) is 0 Å². The van der Waals surface area contributed by atoms with E-state index in [9.17, 15) is 4.79 Å². The molecule has 1 saturated carbocycles. The number of fused-ring (bicyclic) bond motifs is 1. The van der Waals surface area contributed by atoms with Crippen LogP contribution in [0.2, 0.25) is 0 Å². The third-order valence-corrected chi connectivity index (χ3v) is 4.52. The minimum Gasteiger partial charge on any atom is -0.454 e. The Bertz CT molecular complexity index is 794. The van der Waals surface area contributed by atoms with Crippen LogP contribution in [0.4, 0.5) is 11.4 Å². The molecule has 5 nitrogen and oxygen atoms in total. The molecule has 2 aromatic carbocycles. The number of hydrogen-bond acceptors (Lipinski definition) is 4. The molecule has 0 saturated heterocycles. The van der Waals surface area contributed by atoms with E-state index in [0.717, 1.165) is 6.42 Å². The van der Waals surface area contributed by atoms with Gasteiger partial charge in [-0.3, -0.25) is 4.79 Å². The highest BCUT2D eigenvalue weighted by molar-refractivity contribution is 5.98. The number of nitrogens with one attached hydrogen (secondary N) is 1. The molecule has 1 fully saturated rings. The number of nitrogens with two attached hydrogens (primary N) is 1. The highest BCUT2D eigenvalue weighted by Crippen LogP contribution is 2.49. The van der Waals surface area contributed by atoms with Crippen LogP contribution >= 0.6 is 12.4 Å². The summed E-state index contributed by atoms with van der Waals surface area (Å²) in [5.41, 5.74) is 9.53. The van der Waals surface area contributed by atoms with Crippen LogP contribution in [0, 0.1) is 12.8 Å². The first-order valence-electron chi connectivity index (χ1n) is 7.69. The minimum atomic E-state index is 0. The number of halogens is 1. The fraction of sp³-hybridized carbons (Fsp3) is 0.278. The van der Waals surface area contributed by atoms with Gasteiger partial charge in [-0.15, -0.1) is 12.4 Å². The van der Waals surface area contributed by atoms with Crippen molar-refractivity contribution in [3.8, 4) is 11.5 Å². The Kier molecular flexibility index (Phi) is 4.28. The van der Waals surface area contributed by atoms with Crippen LogP contribution in [-0.2, 0) is 4.79 Å². The van der Waals surface area contributed by atoms with Crippen molar-refractivity contribution in [3.05, 3.63) is 47.5 Å². The normalized spacial score (nSPS) is 20.2. The number of hydrogen-bond donors (Lipinski definition) is 2. The lowest BCUT2D eigenvalue weighted by atomic mass is 10.0. The average Bonchev–Trinajstić information content (AvgIpc) is 3.20. The molecule has 2 aromatic rings. The Labute approximate surface area is 146 Å². The van der Waals surface area contributed by atoms with Gasteiger partial charge < -0.3 is 20.5 Å². The third kappa shape index (κ3) is 2.87. The van der Waals surface area contributed by atoms with E-state index in [2.05, 4.69) is 24.4 Å². The van der Waals surface area contributed by atoms with E-state index < -0.39 is 0 Å². The monoisotopic (exact) mass is 346 g/mol. The lowest BCUT2D eigenvalue weighted by molar-refractivity contribution is -0.117. The van der Waals surface area contributed by atoms with E-state index in [4.69, 9.17) is 15.2 Å². The summed E-state index contributed by atoms with van der Waals surface area (Å²) < 4.78 is 10.6. The molecule has 3 N–H and O–H groups in total. The van der Waals surface area contributed by atoms with Crippen molar-refractivity contribution < 1.29 is 14.3 Å². The molecule has 0 radical (unpaired) electrons. The average molecular weight is 347 g/mol. The zero-order chi connectivity index (χ0) is 16.0. The first-order chi connectivity index (χ1) is 11.1. The molecule has 1 aliphatic carbocycles. The van der Waals surface area contributed by atoms with Crippen molar-refractivity contribution in [1.82, 2.24) is 0 Å². The maximum Gasteiger partial charge on any atom is 0.231 e. The summed E-state index contributed by atoms with van der Waals surface area (Å²) in [5.74, 6) is 1.53. The predicted octanol–water partition coefficient (Wildman–Crippen LogP) is 3.47. The van der Waals surface area contributed by atoms with E-state index in [1.807, 2.05) is 12.1 Å². The van der Waals surface area contributed by atoms with Gasteiger partial charge in [0.15, 0.2) is 11.5 Å². The van der Waals surface area contributed by atoms with Gasteiger partial charge in [-0.2, -0.15) is 0 Å². The molecule has 6 heteroatoms. The Morgan fingerprint density at radius 2 is 1.92 bits per heavy atom. The molecule has 0 aromatic heterocycles. The summed E-state index contributed by atoms with van der Waals surface area (Å²) in [6.07, 6.45) is 0.876. The van der Waals surface area contributed by atoms with Gasteiger partial charge in [-0.05, 0) is 30.4 Å². The fourth-order valence-corrected chi connectivity index (χ4v) is 3.12. The summed E-state index contributed by atoms with van der Waals surface area (Å²) in [7, 11) is 0. The summed E-state index contributed by atoms with van der Waals surface area (Å²) in [6.45, 7) is 2.27. The van der Waals surface area contributed by atoms with Crippen LogP contribution in [0.5, 0.6) is 11.5 Å². The van der Waals surface area contributed by atoms with Gasteiger partial charge in [-0.1, -0.05) is 24.3 Å². The van der Waals surface area contributed by atoms with Crippen LogP contribution in [0.3, 0.4) is 0 Å². The van der Waals surface area contributed by atoms with Crippen molar-refractivity contribution in [2.24, 2.45) is 5.92 Å². The van der Waals surface area contributed by atoms with Crippen molar-refractivity contribution in [2.75, 3.05) is 17.8 Å². The van der Waals surface area contributed by atoms with Crippen LogP contribution < -0.4 is 20.5 Å². The highest BCUT2D eigenvalue weighted by atomic mass is 35.5. The second kappa shape index (κ2) is 6.24. The topological polar surface area (TPSA) is 73.6 Å². The Morgan fingerprint density at radius 1 is 1.21 bits per heavy atom. The largest absolute Gasteiger partial charge is 0.454 e. The molecule has 1 aliphatic heterocycles. The molecule has 0 bridgehead atoms. The lowest BCUT2D eigenvalue weighted by Gasteiger charge is -2.10. The first-order valence-corrected chi connectivity index (χ1v) is 7.69. The predicted molar refractivity (Wildman–Crippen MR) is 94.9 cm³/mol. The van der Waals surface area contributed by atoms with Crippen molar-refractivity contribution in [2.45, 2.75) is 19.3 Å². The van der Waals surface area contributed by atoms with E-state index in [0.29, 0.717) is 28.8 Å². The summed E-state index contributed by atoms with van der Waals surface area (Å²) >= 11 is 0. The second-order valence-corrected chi connectivity index (χ2v) is 6.09. The van der Waals surface area contributed by atoms with Crippen molar-refractivity contribution in [3.63, 3.8) is 0 Å². The van der Waals surface area contributed by atoms with Gasteiger partial charge >= 0.3 is 0 Å². The molecule has 126 valence electrons. The molecular weight excluding hydrogens is 328 g/mol. The Morgan fingerprint density at radius 3 is 2.67 bits per heavy atom. The zero-order valence-corrected chi connectivity index (χ0v) is 14.1. The molecule has 1 heterocycles. The van der Waals surface area contributed by atoms with Crippen LogP contribution in [0.25, 0.3) is 0 Å². The van der Waals surface area contributed by atoms with E-state index in [-0.39, 0.29) is 31.0 Å². The lowest BCUT2D eigenvalue weighted by Crippen LogP contribution is -2.15. The smallest absolute Gasteiger partial charge is 0.231 e. The third-order valence-electron chi connectivity index (χ3n) is 4.52. The number of nitrogen functional groups attached to an aromatic ring is 1. The number of rotatable bonds is 3. The number of benzene rings is 2. The SMILES string of the molecule is Cc1ccccc1C1CC1C(=O)Nc1cc2c(cc1N)OCO2.Cl. The van der Waals surface area contributed by atoms with Gasteiger partial charge in [0.1, 0.15) is 0 Å². The van der Waals surface area contributed by atoms with E-state index >= 15 is 0 Å². The Hall–Kier alpha value is -2.40. The number of aryl methyl sites for hydroxylation is 1. The summed E-state index contributed by atoms with van der Waals surface area (Å²) in [5, 5.41) is 2.92. The maximum atomic E-state index is 12.5. The number of carbonyl (C=O) groups excluding carboxylic acids is 1. The Balaban J connectivity index is 0.00000169. The second-order valence-electron chi connectivity index (χ2n) is 6.09. The van der Waals surface area contributed by atoms with Gasteiger partial charge in [0.25, 0.3) is 0 Å². The number of anilines is 2. The molecular formula is C18H19ClN2O3. The molecule has 2 aliphatic rings. The maximum absolute atomic E-state index is 12.5. The van der Waals surface area contributed by atoms with Crippen LogP contribution in [0.1, 0.15) is 23.5 Å². The van der Waals surface area contributed by atoms with Gasteiger partial charge in [0.2, 0.25) is 12.7 Å². The standard InChI is InChI=1S/C18H18N2O3.ClH/c1-10-4-2-3-5-11(10)12-6-13(12)18(21)20-15-8-17-16(7-14(15)19)22-9-23-17;/h2-5,7-8,12-13H,6,9,19H2,1H3,(H,20,21);1H. The number of amides is 1. The molecule has 1 amide bonds. The van der Waals surface area contributed by atoms with Crippen molar-refractivity contribution >= 4 is 29.7 Å². The van der Waals surface area contributed by atoms with Crippen LogP contribution in [-0.4, -0.2) is 12.7 Å². The molecule has 0 spiro atoms. The van der Waals surface area contributed by atoms with Gasteiger partial charge in [-0.25, -0.2) is 0 Å². The fourth-order valence-electron chi connectivity index (χ4n) is 3.12. The first kappa shape index (κ1) is 16.5. The summed E-state index contributed by atoms with van der Waals surface area (Å²) in [6, 6.07) is 11.6. The highest BCUT2D eigenvalue weighted by Gasteiger charge is 2.44. The number of carbonyl (C=O) groups is 1. The minimum absolute atomic E-state index is 0. The molecule has 2 unspecified atom stereocenters. The van der Waals surface area contributed by atoms with Gasteiger partial charge in [0, 0.05) is 18.1 Å².